The van der Waals surface area contributed by atoms with Gasteiger partial charge in [-0.2, -0.15) is 5.10 Å². The van der Waals surface area contributed by atoms with Crippen molar-refractivity contribution < 1.29 is 13.5 Å². The summed E-state index contributed by atoms with van der Waals surface area (Å²) in [6.45, 7) is 1.41. The molecule has 0 saturated carbocycles. The van der Waals surface area contributed by atoms with Gasteiger partial charge in [-0.05, 0) is 50.0 Å². The molecule has 0 N–H and O–H groups in total. The molecule has 3 heterocycles. The first-order valence-corrected chi connectivity index (χ1v) is 8.27. The molecule has 0 spiro atoms. The molecule has 24 heavy (non-hydrogen) atoms. The van der Waals surface area contributed by atoms with Crippen LogP contribution in [0.1, 0.15) is 37.3 Å². The van der Waals surface area contributed by atoms with E-state index in [2.05, 4.69) is 10.5 Å². The Kier molecular flexibility index (Phi) is 3.96. The molecule has 1 aromatic carbocycles. The number of rotatable bonds is 3. The highest BCUT2D eigenvalue weighted by atomic mass is 19.1. The van der Waals surface area contributed by atoms with Crippen LogP contribution < -0.4 is 5.43 Å². The van der Waals surface area contributed by atoms with Gasteiger partial charge in [0.2, 0.25) is 0 Å². The van der Waals surface area contributed by atoms with Crippen molar-refractivity contribution in [1.82, 2.24) is 10.3 Å². The molecule has 0 unspecified atom stereocenters. The average Bonchev–Trinajstić information content (AvgIpc) is 3.26. The van der Waals surface area contributed by atoms with Gasteiger partial charge >= 0.3 is 0 Å². The van der Waals surface area contributed by atoms with Gasteiger partial charge in [-0.25, -0.2) is 8.78 Å². The summed E-state index contributed by atoms with van der Waals surface area (Å²) in [6, 6.07) is 3.38. The minimum atomic E-state index is -0.426. The van der Waals surface area contributed by atoms with Crippen LogP contribution in [0.25, 0.3) is 0 Å². The SMILES string of the molecule is Fc1ccc(F)c([C@H]2CCCN2C2=C(C3=CCCCO3)C=N[N]2)c1. The summed E-state index contributed by atoms with van der Waals surface area (Å²) >= 11 is 0. The summed E-state index contributed by atoms with van der Waals surface area (Å²) in [5.41, 5.74) is 5.45. The maximum absolute atomic E-state index is 14.2. The Morgan fingerprint density at radius 1 is 1.21 bits per heavy atom. The van der Waals surface area contributed by atoms with Gasteiger partial charge in [0.15, 0.2) is 5.82 Å². The third-order valence-electron chi connectivity index (χ3n) is 4.62. The molecule has 6 heteroatoms. The number of ether oxygens (including phenoxy) is 1. The zero-order valence-electron chi connectivity index (χ0n) is 13.2. The Bertz CT molecular complexity index is 742. The summed E-state index contributed by atoms with van der Waals surface area (Å²) in [7, 11) is 0. The third-order valence-corrected chi connectivity index (χ3v) is 4.62. The molecule has 0 aliphatic carbocycles. The van der Waals surface area contributed by atoms with Crippen LogP contribution in [0, 0.1) is 11.6 Å². The maximum Gasteiger partial charge on any atom is 0.164 e. The van der Waals surface area contributed by atoms with E-state index >= 15 is 0 Å². The summed E-state index contributed by atoms with van der Waals surface area (Å²) in [6.07, 6.45) is 7.34. The van der Waals surface area contributed by atoms with E-state index < -0.39 is 5.82 Å². The van der Waals surface area contributed by atoms with Crippen LogP contribution in [0.5, 0.6) is 0 Å². The lowest BCUT2D eigenvalue weighted by Gasteiger charge is -2.28. The number of hydrogen-bond acceptors (Lipinski definition) is 3. The second kappa shape index (κ2) is 6.26. The predicted octanol–water partition coefficient (Wildman–Crippen LogP) is 3.61. The summed E-state index contributed by atoms with van der Waals surface area (Å²) in [4.78, 5) is 2.01. The molecule has 1 radical (unpaired) electrons. The lowest BCUT2D eigenvalue weighted by molar-refractivity contribution is 0.200. The van der Waals surface area contributed by atoms with Crippen LogP contribution in [0.4, 0.5) is 8.78 Å². The first-order chi connectivity index (χ1) is 11.7. The highest BCUT2D eigenvalue weighted by molar-refractivity contribution is 5.86. The van der Waals surface area contributed by atoms with E-state index in [0.717, 1.165) is 49.6 Å². The van der Waals surface area contributed by atoms with E-state index in [9.17, 15) is 8.78 Å². The largest absolute Gasteiger partial charge is 0.493 e. The van der Waals surface area contributed by atoms with Crippen molar-refractivity contribution in [3.8, 4) is 0 Å². The molecule has 0 aromatic heterocycles. The molecule has 1 saturated heterocycles. The summed E-state index contributed by atoms with van der Waals surface area (Å²) < 4.78 is 33.6. The van der Waals surface area contributed by atoms with Gasteiger partial charge in [0, 0.05) is 12.1 Å². The van der Waals surface area contributed by atoms with Crippen molar-refractivity contribution in [1.29, 1.82) is 0 Å². The van der Waals surface area contributed by atoms with Gasteiger partial charge in [0.25, 0.3) is 0 Å². The van der Waals surface area contributed by atoms with Gasteiger partial charge in [-0.15, -0.1) is 5.43 Å². The molecule has 4 rings (SSSR count). The maximum atomic E-state index is 14.2. The van der Waals surface area contributed by atoms with E-state index in [-0.39, 0.29) is 11.9 Å². The molecule has 0 amide bonds. The molecular weight excluding hydrogens is 312 g/mol. The Balaban J connectivity index is 1.69. The second-order valence-corrected chi connectivity index (χ2v) is 6.16. The Morgan fingerprint density at radius 3 is 2.96 bits per heavy atom. The van der Waals surface area contributed by atoms with Gasteiger partial charge < -0.3 is 9.64 Å². The van der Waals surface area contributed by atoms with Gasteiger partial charge in [0.1, 0.15) is 17.4 Å². The fourth-order valence-corrected chi connectivity index (χ4v) is 3.50. The fraction of sp³-hybridized carbons (Fsp3) is 0.389. The standard InChI is InChI=1S/C18H18F2N3O/c19-12-6-7-15(20)13(10-12)16-4-3-8-23(16)18-14(11-21-22-18)17-5-1-2-9-24-17/h5-7,10-11,16H,1-4,8-9H2/t16-/m1/s1. The number of allylic oxidation sites excluding steroid dienone is 2. The van der Waals surface area contributed by atoms with Gasteiger partial charge in [-0.3, -0.25) is 0 Å². The van der Waals surface area contributed by atoms with Crippen LogP contribution in [-0.4, -0.2) is 24.3 Å². The normalized spacial score (nSPS) is 23.3. The van der Waals surface area contributed by atoms with Crippen molar-refractivity contribution in [2.45, 2.75) is 31.7 Å². The number of likely N-dealkylation sites (tertiary alicyclic amines) is 1. The topological polar surface area (TPSA) is 38.9 Å². The van der Waals surface area contributed by atoms with Crippen LogP contribution in [-0.2, 0) is 4.74 Å². The first-order valence-electron chi connectivity index (χ1n) is 8.27. The molecule has 4 nitrogen and oxygen atoms in total. The van der Waals surface area contributed by atoms with Gasteiger partial charge in [0.05, 0.1) is 24.4 Å². The summed E-state index contributed by atoms with van der Waals surface area (Å²) in [5.74, 6) is 0.661. The van der Waals surface area contributed by atoms with Gasteiger partial charge in [-0.1, -0.05) is 0 Å². The second-order valence-electron chi connectivity index (χ2n) is 6.16. The number of hydrogen-bond donors (Lipinski definition) is 0. The quantitative estimate of drug-likeness (QED) is 0.849. The van der Waals surface area contributed by atoms with Crippen molar-refractivity contribution in [3.05, 3.63) is 58.6 Å². The zero-order chi connectivity index (χ0) is 16.5. The van der Waals surface area contributed by atoms with Crippen molar-refractivity contribution >= 4 is 6.21 Å². The molecule has 3 aliphatic heterocycles. The average molecular weight is 330 g/mol. The number of benzene rings is 1. The van der Waals surface area contributed by atoms with E-state index in [0.29, 0.717) is 18.0 Å². The predicted molar refractivity (Wildman–Crippen MR) is 86.0 cm³/mol. The Hall–Kier alpha value is -2.37. The molecule has 1 atom stereocenters. The van der Waals surface area contributed by atoms with Crippen LogP contribution >= 0.6 is 0 Å². The van der Waals surface area contributed by atoms with E-state index in [1.54, 1.807) is 6.21 Å². The first kappa shape index (κ1) is 15.2. The fourth-order valence-electron chi connectivity index (χ4n) is 3.50. The highest BCUT2D eigenvalue weighted by Crippen LogP contribution is 2.38. The monoisotopic (exact) mass is 330 g/mol. The smallest absolute Gasteiger partial charge is 0.164 e. The summed E-state index contributed by atoms with van der Waals surface area (Å²) in [5, 5.41) is 4.03. The minimum Gasteiger partial charge on any atom is -0.493 e. The molecule has 1 aromatic rings. The number of nitrogens with zero attached hydrogens (tertiary/aromatic N) is 3. The van der Waals surface area contributed by atoms with Crippen molar-refractivity contribution in [2.75, 3.05) is 13.2 Å². The zero-order valence-corrected chi connectivity index (χ0v) is 13.2. The van der Waals surface area contributed by atoms with Crippen molar-refractivity contribution in [2.24, 2.45) is 5.10 Å². The molecule has 3 aliphatic rings. The highest BCUT2D eigenvalue weighted by Gasteiger charge is 2.34. The Labute approximate surface area is 139 Å². The lowest BCUT2D eigenvalue weighted by Crippen LogP contribution is -2.27. The lowest BCUT2D eigenvalue weighted by atomic mass is 10.0. The van der Waals surface area contributed by atoms with E-state index in [1.807, 2.05) is 11.0 Å². The molecule has 1 fully saturated rings. The molecular formula is C18H18F2N3O. The van der Waals surface area contributed by atoms with E-state index in [1.165, 1.54) is 12.1 Å². The Morgan fingerprint density at radius 2 is 2.12 bits per heavy atom. The number of halogens is 2. The third kappa shape index (κ3) is 2.66. The minimum absolute atomic E-state index is 0.236. The van der Waals surface area contributed by atoms with E-state index in [4.69, 9.17) is 4.74 Å². The van der Waals surface area contributed by atoms with Crippen molar-refractivity contribution in [3.63, 3.8) is 0 Å². The molecule has 125 valence electrons. The van der Waals surface area contributed by atoms with Crippen LogP contribution in [0.2, 0.25) is 0 Å². The molecule has 0 bridgehead atoms. The van der Waals surface area contributed by atoms with Crippen LogP contribution in [0.3, 0.4) is 0 Å². The van der Waals surface area contributed by atoms with Crippen LogP contribution in [0.15, 0.2) is 46.5 Å².